The second-order valence-corrected chi connectivity index (χ2v) is 12.1. The summed E-state index contributed by atoms with van der Waals surface area (Å²) in [6, 6.07) is 0. The van der Waals surface area contributed by atoms with Gasteiger partial charge in [-0.25, -0.2) is 4.18 Å². The average molecular weight is 677 g/mol. The van der Waals surface area contributed by atoms with Crippen molar-refractivity contribution in [2.45, 2.75) is 128 Å². The van der Waals surface area contributed by atoms with Crippen LogP contribution in [0.1, 0.15) is 90.9 Å². The lowest BCUT2D eigenvalue weighted by atomic mass is 9.99. The molecular formula is C33H56O12S. The minimum atomic E-state index is -5.04. The van der Waals surface area contributed by atoms with Crippen LogP contribution in [-0.4, -0.2) is 97.5 Å². The lowest BCUT2D eigenvalue weighted by Gasteiger charge is -2.41. The summed E-state index contributed by atoms with van der Waals surface area (Å²) in [6.07, 6.45) is 21.2. The van der Waals surface area contributed by atoms with E-state index < -0.39 is 59.8 Å². The highest BCUT2D eigenvalue weighted by molar-refractivity contribution is 7.80. The van der Waals surface area contributed by atoms with Gasteiger partial charge in [-0.2, -0.15) is 8.42 Å². The van der Waals surface area contributed by atoms with E-state index in [0.29, 0.717) is 6.61 Å². The fraction of sp³-hybridized carbons (Fsp3) is 0.727. The van der Waals surface area contributed by atoms with E-state index in [1.165, 1.54) is 26.2 Å². The van der Waals surface area contributed by atoms with Crippen LogP contribution >= 0.6 is 0 Å². The van der Waals surface area contributed by atoms with Crippen molar-refractivity contribution in [3.8, 4) is 0 Å². The van der Waals surface area contributed by atoms with Crippen molar-refractivity contribution in [3.63, 3.8) is 0 Å². The maximum atomic E-state index is 11.5. The van der Waals surface area contributed by atoms with Crippen LogP contribution in [0.25, 0.3) is 0 Å². The van der Waals surface area contributed by atoms with Crippen molar-refractivity contribution in [2.24, 2.45) is 0 Å². The largest absolute Gasteiger partial charge is 0.458 e. The molecular weight excluding hydrogens is 620 g/mol. The molecule has 1 saturated heterocycles. The Hall–Kier alpha value is -1.94. The fourth-order valence-electron chi connectivity index (χ4n) is 4.66. The predicted molar refractivity (Wildman–Crippen MR) is 174 cm³/mol. The number of aliphatic hydroxyl groups excluding tert-OH is 3. The number of aliphatic hydroxyl groups is 3. The van der Waals surface area contributed by atoms with E-state index in [4.69, 9.17) is 23.5 Å². The summed E-state index contributed by atoms with van der Waals surface area (Å²) in [5.41, 5.74) is 0. The number of hydrogen-bond acceptors (Lipinski definition) is 11. The topological polar surface area (TPSA) is 178 Å². The smallest absolute Gasteiger partial charge is 0.397 e. The number of carbonyl (C=O) groups is 1. The normalized spacial score (nSPS) is 23.3. The zero-order chi connectivity index (χ0) is 34.0. The first-order chi connectivity index (χ1) is 22.1. The molecule has 1 aliphatic rings. The second-order valence-electron chi connectivity index (χ2n) is 11.1. The lowest BCUT2D eigenvalue weighted by molar-refractivity contribution is -0.301. The van der Waals surface area contributed by atoms with Crippen LogP contribution in [0.15, 0.2) is 48.6 Å². The Balaban J connectivity index is 2.18. The molecule has 0 aromatic rings. The van der Waals surface area contributed by atoms with Gasteiger partial charge in [0.05, 0.1) is 19.8 Å². The van der Waals surface area contributed by atoms with Gasteiger partial charge < -0.3 is 34.3 Å². The third kappa shape index (κ3) is 21.0. The van der Waals surface area contributed by atoms with Crippen molar-refractivity contribution in [2.75, 3.05) is 26.4 Å². The number of unbranched alkanes of at least 4 members (excludes halogenated alkanes) is 7. The van der Waals surface area contributed by atoms with Crippen LogP contribution in [0.3, 0.4) is 0 Å². The number of ether oxygens (including phenoxy) is 4. The Morgan fingerprint density at radius 3 is 1.96 bits per heavy atom. The zero-order valence-corrected chi connectivity index (χ0v) is 28.2. The first-order valence-electron chi connectivity index (χ1n) is 16.3. The molecule has 1 fully saturated rings. The van der Waals surface area contributed by atoms with Crippen molar-refractivity contribution in [1.82, 2.24) is 0 Å². The highest BCUT2D eigenvalue weighted by Gasteiger charge is 2.48. The quantitative estimate of drug-likeness (QED) is 0.0437. The number of rotatable bonds is 26. The molecule has 0 amide bonds. The summed E-state index contributed by atoms with van der Waals surface area (Å²) in [7, 11) is -5.04. The van der Waals surface area contributed by atoms with Gasteiger partial charge in [-0.3, -0.25) is 9.35 Å². The summed E-state index contributed by atoms with van der Waals surface area (Å²) in [5, 5.41) is 29.9. The molecule has 0 aromatic carbocycles. The molecule has 0 radical (unpaired) electrons. The van der Waals surface area contributed by atoms with E-state index in [-0.39, 0.29) is 13.2 Å². The van der Waals surface area contributed by atoms with Crippen LogP contribution < -0.4 is 0 Å². The van der Waals surface area contributed by atoms with Gasteiger partial charge >= 0.3 is 16.4 Å². The minimum absolute atomic E-state index is 0.0106. The molecule has 1 rings (SSSR count). The molecule has 6 atom stereocenters. The number of allylic oxidation sites excluding steroid dienone is 8. The van der Waals surface area contributed by atoms with Crippen LogP contribution in [0, 0.1) is 0 Å². The second kappa shape index (κ2) is 26.1. The molecule has 0 aliphatic carbocycles. The Bertz CT molecular complexity index is 1010. The summed E-state index contributed by atoms with van der Waals surface area (Å²) < 4.78 is 57.2. The highest BCUT2D eigenvalue weighted by atomic mass is 32.3. The third-order valence-corrected chi connectivity index (χ3v) is 7.48. The summed E-state index contributed by atoms with van der Waals surface area (Å²) >= 11 is 0. The third-order valence-electron chi connectivity index (χ3n) is 7.02. The molecule has 0 spiro atoms. The minimum Gasteiger partial charge on any atom is -0.458 e. The van der Waals surface area contributed by atoms with Gasteiger partial charge in [0.1, 0.15) is 30.5 Å². The Morgan fingerprint density at radius 1 is 0.826 bits per heavy atom. The lowest BCUT2D eigenvalue weighted by Crippen LogP contribution is -2.60. The Kier molecular flexibility index (Phi) is 23.8. The van der Waals surface area contributed by atoms with E-state index in [1.54, 1.807) is 0 Å². The van der Waals surface area contributed by atoms with Gasteiger partial charge in [0.25, 0.3) is 0 Å². The number of hydrogen-bond donors (Lipinski definition) is 4. The molecule has 0 aromatic heterocycles. The molecule has 1 aliphatic heterocycles. The summed E-state index contributed by atoms with van der Waals surface area (Å²) in [4.78, 5) is 11.5. The highest BCUT2D eigenvalue weighted by Crippen LogP contribution is 2.25. The maximum absolute atomic E-state index is 11.5. The van der Waals surface area contributed by atoms with E-state index in [9.17, 15) is 28.5 Å². The maximum Gasteiger partial charge on any atom is 0.397 e. The first kappa shape index (κ1) is 42.1. The summed E-state index contributed by atoms with van der Waals surface area (Å²) in [6.45, 7) is 2.78. The van der Waals surface area contributed by atoms with Gasteiger partial charge in [-0.05, 0) is 44.9 Å². The molecule has 12 nitrogen and oxygen atoms in total. The van der Waals surface area contributed by atoms with Crippen LogP contribution in [0.4, 0.5) is 0 Å². The van der Waals surface area contributed by atoms with Gasteiger partial charge in [0, 0.05) is 13.5 Å². The molecule has 4 N–H and O–H groups in total. The van der Waals surface area contributed by atoms with Gasteiger partial charge in [-0.1, -0.05) is 87.6 Å². The molecule has 13 heteroatoms. The van der Waals surface area contributed by atoms with E-state index in [1.807, 2.05) is 0 Å². The number of esters is 1. The SMILES string of the molecule is CC/C=C\C/C=C\C/C=C\C/C=C\CCCCCCCCCOCC(COC1OC(CO)C(O)C(OS(=O)(=O)O)C1O)OC(C)=O. The van der Waals surface area contributed by atoms with E-state index >= 15 is 0 Å². The zero-order valence-electron chi connectivity index (χ0n) is 27.4. The number of carbonyl (C=O) groups excluding carboxylic acids is 1. The van der Waals surface area contributed by atoms with E-state index in [2.05, 4.69) is 59.7 Å². The van der Waals surface area contributed by atoms with Crippen molar-refractivity contribution in [1.29, 1.82) is 0 Å². The summed E-state index contributed by atoms with van der Waals surface area (Å²) in [5.74, 6) is -0.583. The van der Waals surface area contributed by atoms with Crippen LogP contribution in [0.5, 0.6) is 0 Å². The molecule has 0 bridgehead atoms. The van der Waals surface area contributed by atoms with Crippen molar-refractivity contribution in [3.05, 3.63) is 48.6 Å². The first-order valence-corrected chi connectivity index (χ1v) is 17.7. The Morgan fingerprint density at radius 2 is 1.39 bits per heavy atom. The molecule has 0 saturated carbocycles. The average Bonchev–Trinajstić information content (AvgIpc) is 3.00. The van der Waals surface area contributed by atoms with Crippen LogP contribution in [0.2, 0.25) is 0 Å². The van der Waals surface area contributed by atoms with E-state index in [0.717, 1.165) is 57.8 Å². The standard InChI is InChI=1S/C33H56O12S/c1-3-4-5-6-7-8-9-10-11-12-13-14-15-16-17-18-19-20-21-22-23-41-25-28(43-27(2)35)26-42-33-31(37)32(45-46(38,39)40)30(36)29(24-34)44-33/h4-5,7-8,10-11,13-14,28-34,36-37H,3,6,9,12,15-26H2,1-2H3,(H,38,39,40)/b5-4-,8-7-,11-10-,14-13-. The molecule has 1 heterocycles. The monoisotopic (exact) mass is 676 g/mol. The van der Waals surface area contributed by atoms with Gasteiger partial charge in [-0.15, -0.1) is 0 Å². The van der Waals surface area contributed by atoms with Gasteiger partial charge in [0.2, 0.25) is 0 Å². The molecule has 46 heavy (non-hydrogen) atoms. The van der Waals surface area contributed by atoms with Crippen molar-refractivity contribution < 1.29 is 56.2 Å². The van der Waals surface area contributed by atoms with Crippen LogP contribution in [-0.2, 0) is 38.3 Å². The molecule has 6 unspecified atom stereocenters. The fourth-order valence-corrected chi connectivity index (χ4v) is 5.17. The Labute approximate surface area is 275 Å². The van der Waals surface area contributed by atoms with Crippen molar-refractivity contribution >= 4 is 16.4 Å². The molecule has 266 valence electrons. The van der Waals surface area contributed by atoms with Gasteiger partial charge in [0.15, 0.2) is 6.29 Å². The predicted octanol–water partition coefficient (Wildman–Crippen LogP) is 4.50.